The largest absolute Gasteiger partial charge is 0.480 e. The van der Waals surface area contributed by atoms with E-state index in [0.29, 0.717) is 5.56 Å². The van der Waals surface area contributed by atoms with Gasteiger partial charge in [0.1, 0.15) is 10.4 Å². The number of carbonyl (C=O) groups excluding carboxylic acids is 1. The fourth-order valence-corrected chi connectivity index (χ4v) is 4.11. The number of nitro benzene ring substituents is 1. The van der Waals surface area contributed by atoms with Crippen LogP contribution in [-0.4, -0.2) is 37.2 Å². The van der Waals surface area contributed by atoms with Crippen molar-refractivity contribution in [2.24, 2.45) is 0 Å². The number of non-ortho nitro benzene ring substituents is 1. The highest BCUT2D eigenvalue weighted by molar-refractivity contribution is 8.26. The highest BCUT2D eigenvalue weighted by Crippen LogP contribution is 2.35. The van der Waals surface area contributed by atoms with Gasteiger partial charge in [-0.1, -0.05) is 66.4 Å². The summed E-state index contributed by atoms with van der Waals surface area (Å²) in [6.07, 6.45) is 1.60. The summed E-state index contributed by atoms with van der Waals surface area (Å²) in [5.74, 6) is -1.68. The summed E-state index contributed by atoms with van der Waals surface area (Å²) in [6.45, 7) is 0. The van der Waals surface area contributed by atoms with E-state index in [4.69, 9.17) is 12.2 Å². The molecule has 0 aliphatic carbocycles. The van der Waals surface area contributed by atoms with Crippen molar-refractivity contribution in [3.05, 3.63) is 80.7 Å². The lowest BCUT2D eigenvalue weighted by molar-refractivity contribution is -0.384. The first-order valence-electron chi connectivity index (χ1n) is 8.15. The number of carboxylic acids is 1. The number of nitrogens with zero attached hydrogens (tertiary/aromatic N) is 2. The maximum absolute atomic E-state index is 12.8. The lowest BCUT2D eigenvalue weighted by Crippen LogP contribution is -2.45. The number of nitro groups is 1. The summed E-state index contributed by atoms with van der Waals surface area (Å²) >= 11 is 6.23. The molecule has 1 aliphatic heterocycles. The minimum atomic E-state index is -1.16. The molecule has 1 atom stereocenters. The number of thiocarbonyl (C=S) groups is 1. The maximum Gasteiger partial charge on any atom is 0.327 e. The van der Waals surface area contributed by atoms with E-state index >= 15 is 0 Å². The van der Waals surface area contributed by atoms with Crippen LogP contribution in [0, 0.1) is 10.1 Å². The van der Waals surface area contributed by atoms with Crippen LogP contribution in [0.15, 0.2) is 59.5 Å². The zero-order chi connectivity index (χ0) is 20.3. The van der Waals surface area contributed by atoms with Crippen LogP contribution in [0.1, 0.15) is 11.1 Å². The third-order valence-electron chi connectivity index (χ3n) is 4.07. The van der Waals surface area contributed by atoms with Gasteiger partial charge >= 0.3 is 5.97 Å². The number of amides is 1. The predicted molar refractivity (Wildman–Crippen MR) is 110 cm³/mol. The second kappa shape index (κ2) is 8.32. The van der Waals surface area contributed by atoms with Crippen LogP contribution in [0.3, 0.4) is 0 Å². The number of hydrogen-bond donors (Lipinski definition) is 1. The van der Waals surface area contributed by atoms with Crippen molar-refractivity contribution in [2.45, 2.75) is 12.5 Å². The Morgan fingerprint density at radius 3 is 2.61 bits per heavy atom. The van der Waals surface area contributed by atoms with Gasteiger partial charge in [-0.05, 0) is 17.2 Å². The number of carbonyl (C=O) groups is 2. The van der Waals surface area contributed by atoms with Crippen LogP contribution in [0.5, 0.6) is 0 Å². The van der Waals surface area contributed by atoms with E-state index < -0.39 is 22.8 Å². The van der Waals surface area contributed by atoms with Crippen LogP contribution in [0.2, 0.25) is 0 Å². The molecule has 1 aliphatic rings. The summed E-state index contributed by atoms with van der Waals surface area (Å²) in [6, 6.07) is 13.7. The smallest absolute Gasteiger partial charge is 0.327 e. The van der Waals surface area contributed by atoms with Crippen molar-refractivity contribution in [1.82, 2.24) is 4.90 Å². The van der Waals surface area contributed by atoms with E-state index in [2.05, 4.69) is 0 Å². The number of benzene rings is 2. The molecule has 0 aromatic heterocycles. The lowest BCUT2D eigenvalue weighted by Gasteiger charge is -2.23. The summed E-state index contributed by atoms with van der Waals surface area (Å²) in [5.41, 5.74) is 1.13. The SMILES string of the molecule is O=C(O)[C@H](Cc1ccccc1)N1C(=O)/C(=C\c2cccc([N+](=O)[O-])c2)SC1=S. The molecule has 0 saturated carbocycles. The van der Waals surface area contributed by atoms with Crippen LogP contribution in [-0.2, 0) is 16.0 Å². The molecule has 9 heteroatoms. The van der Waals surface area contributed by atoms with Crippen molar-refractivity contribution in [3.8, 4) is 0 Å². The van der Waals surface area contributed by atoms with E-state index in [1.165, 1.54) is 24.3 Å². The maximum atomic E-state index is 12.8. The van der Waals surface area contributed by atoms with Crippen molar-refractivity contribution >= 4 is 51.9 Å². The van der Waals surface area contributed by atoms with Crippen molar-refractivity contribution in [3.63, 3.8) is 0 Å². The number of hydrogen-bond acceptors (Lipinski definition) is 6. The Balaban J connectivity index is 1.88. The quantitative estimate of drug-likeness (QED) is 0.334. The molecule has 1 heterocycles. The molecule has 2 aromatic rings. The first kappa shape index (κ1) is 19.7. The minimum Gasteiger partial charge on any atom is -0.480 e. The van der Waals surface area contributed by atoms with Crippen LogP contribution in [0.25, 0.3) is 6.08 Å². The fraction of sp³-hybridized carbons (Fsp3) is 0.105. The molecule has 142 valence electrons. The molecule has 0 unspecified atom stereocenters. The Hall–Kier alpha value is -3.04. The monoisotopic (exact) mass is 414 g/mol. The molecule has 2 aromatic carbocycles. The first-order valence-corrected chi connectivity index (χ1v) is 9.37. The first-order chi connectivity index (χ1) is 13.4. The van der Waals surface area contributed by atoms with Gasteiger partial charge in [0.25, 0.3) is 11.6 Å². The van der Waals surface area contributed by atoms with Gasteiger partial charge in [0.2, 0.25) is 0 Å². The number of thioether (sulfide) groups is 1. The van der Waals surface area contributed by atoms with Gasteiger partial charge in [-0.3, -0.25) is 19.8 Å². The lowest BCUT2D eigenvalue weighted by atomic mass is 10.0. The number of carboxylic acid groups (broad SMARTS) is 1. The highest BCUT2D eigenvalue weighted by Gasteiger charge is 2.40. The average Bonchev–Trinajstić information content (AvgIpc) is 2.94. The van der Waals surface area contributed by atoms with Gasteiger partial charge < -0.3 is 5.11 Å². The standard InChI is InChI=1S/C19H14N2O5S2/c22-17-16(11-13-7-4-8-14(9-13)21(25)26)28-19(27)20(17)15(18(23)24)10-12-5-2-1-3-6-12/h1-9,11,15H,10H2,(H,23,24)/b16-11+/t15-/m0/s1. The average molecular weight is 414 g/mol. The normalized spacial score (nSPS) is 16.4. The molecule has 1 amide bonds. The Morgan fingerprint density at radius 1 is 1.25 bits per heavy atom. The van der Waals surface area contributed by atoms with E-state index in [1.807, 2.05) is 6.07 Å². The van der Waals surface area contributed by atoms with E-state index in [9.17, 15) is 24.8 Å². The molecular weight excluding hydrogens is 400 g/mol. The Bertz CT molecular complexity index is 991. The van der Waals surface area contributed by atoms with Crippen molar-refractivity contribution < 1.29 is 19.6 Å². The molecule has 7 nitrogen and oxygen atoms in total. The molecule has 1 fully saturated rings. The summed E-state index contributed by atoms with van der Waals surface area (Å²) in [4.78, 5) is 36.3. The van der Waals surface area contributed by atoms with Crippen LogP contribution < -0.4 is 0 Å². The molecule has 0 radical (unpaired) electrons. The Kier molecular flexibility index (Phi) is 5.86. The number of rotatable bonds is 6. The van der Waals surface area contributed by atoms with E-state index in [0.717, 1.165) is 22.2 Å². The van der Waals surface area contributed by atoms with Gasteiger partial charge in [-0.2, -0.15) is 0 Å². The third-order valence-corrected chi connectivity index (χ3v) is 5.40. The molecule has 28 heavy (non-hydrogen) atoms. The van der Waals surface area contributed by atoms with Crippen molar-refractivity contribution in [2.75, 3.05) is 0 Å². The third kappa shape index (κ3) is 4.26. The predicted octanol–water partition coefficient (Wildman–Crippen LogP) is 3.49. The summed E-state index contributed by atoms with van der Waals surface area (Å²) in [7, 11) is 0. The van der Waals surface area contributed by atoms with Crippen LogP contribution in [0.4, 0.5) is 5.69 Å². The van der Waals surface area contributed by atoms with Gasteiger partial charge in [0.15, 0.2) is 0 Å². The molecule has 0 bridgehead atoms. The summed E-state index contributed by atoms with van der Waals surface area (Å²) in [5, 5.41) is 20.6. The van der Waals surface area contributed by atoms with E-state index in [1.54, 1.807) is 30.3 Å². The fourth-order valence-electron chi connectivity index (χ4n) is 2.75. The molecule has 3 rings (SSSR count). The van der Waals surface area contributed by atoms with Crippen molar-refractivity contribution in [1.29, 1.82) is 0 Å². The Morgan fingerprint density at radius 2 is 1.96 bits per heavy atom. The van der Waals surface area contributed by atoms with Gasteiger partial charge in [0, 0.05) is 18.6 Å². The zero-order valence-corrected chi connectivity index (χ0v) is 16.0. The molecular formula is C19H14N2O5S2. The Labute approximate surface area is 169 Å². The van der Waals surface area contributed by atoms with Crippen LogP contribution >= 0.6 is 24.0 Å². The second-order valence-electron chi connectivity index (χ2n) is 5.95. The molecule has 1 N–H and O–H groups in total. The highest BCUT2D eigenvalue weighted by atomic mass is 32.2. The summed E-state index contributed by atoms with van der Waals surface area (Å²) < 4.78 is 0.144. The molecule has 0 spiro atoms. The van der Waals surface area contributed by atoms with Gasteiger partial charge in [-0.25, -0.2) is 4.79 Å². The second-order valence-corrected chi connectivity index (χ2v) is 7.62. The minimum absolute atomic E-state index is 0.100. The zero-order valence-electron chi connectivity index (χ0n) is 14.3. The van der Waals surface area contributed by atoms with Gasteiger partial charge in [-0.15, -0.1) is 0 Å². The number of aliphatic carboxylic acids is 1. The van der Waals surface area contributed by atoms with Gasteiger partial charge in [0.05, 0.1) is 9.83 Å². The molecule has 1 saturated heterocycles. The van der Waals surface area contributed by atoms with E-state index in [-0.39, 0.29) is 21.3 Å². The topological polar surface area (TPSA) is 101 Å².